The number of carbonyl (C=O) groups excluding carboxylic acids is 1. The van der Waals surface area contributed by atoms with Crippen molar-refractivity contribution in [3.63, 3.8) is 0 Å². The highest BCUT2D eigenvalue weighted by Gasteiger charge is 2.15. The molecule has 0 saturated carbocycles. The van der Waals surface area contributed by atoms with E-state index in [0.717, 1.165) is 10.4 Å². The minimum Gasteiger partial charge on any atom is -0.337 e. The van der Waals surface area contributed by atoms with Gasteiger partial charge in [0.15, 0.2) is 0 Å². The van der Waals surface area contributed by atoms with E-state index in [4.69, 9.17) is 0 Å². The van der Waals surface area contributed by atoms with Gasteiger partial charge in [-0.2, -0.15) is 0 Å². The van der Waals surface area contributed by atoms with Crippen LogP contribution in [-0.4, -0.2) is 22.8 Å². The molecule has 104 valence electrons. The van der Waals surface area contributed by atoms with Crippen molar-refractivity contribution in [1.29, 1.82) is 0 Å². The Hall–Kier alpha value is -2.21. The van der Waals surface area contributed by atoms with Gasteiger partial charge in [-0.3, -0.25) is 14.9 Å². The van der Waals surface area contributed by atoms with E-state index in [1.54, 1.807) is 30.1 Å². The summed E-state index contributed by atoms with van der Waals surface area (Å²) in [7, 11) is 1.69. The van der Waals surface area contributed by atoms with Crippen LogP contribution in [-0.2, 0) is 6.54 Å². The minimum atomic E-state index is -0.437. The fourth-order valence-electron chi connectivity index (χ4n) is 1.85. The molecule has 0 N–H and O–H groups in total. The summed E-state index contributed by atoms with van der Waals surface area (Å²) in [6.07, 6.45) is 0. The first-order valence-corrected chi connectivity index (χ1v) is 6.84. The molecule has 0 spiro atoms. The number of hydrogen-bond donors (Lipinski definition) is 0. The molecule has 0 aliphatic carbocycles. The highest BCUT2D eigenvalue weighted by molar-refractivity contribution is 7.13. The fourth-order valence-corrected chi connectivity index (χ4v) is 2.71. The maximum atomic E-state index is 12.2. The zero-order valence-corrected chi connectivity index (χ0v) is 12.0. The summed E-state index contributed by atoms with van der Waals surface area (Å²) >= 11 is 1.44. The number of thiophene rings is 1. The molecule has 20 heavy (non-hydrogen) atoms. The number of carbonyl (C=O) groups is 1. The summed E-state index contributed by atoms with van der Waals surface area (Å²) in [5.74, 6) is -0.0744. The summed E-state index contributed by atoms with van der Waals surface area (Å²) in [5.41, 5.74) is 0.777. The van der Waals surface area contributed by atoms with E-state index in [-0.39, 0.29) is 11.6 Å². The van der Waals surface area contributed by atoms with Gasteiger partial charge in [-0.05, 0) is 24.6 Å². The van der Waals surface area contributed by atoms with E-state index >= 15 is 0 Å². The Morgan fingerprint density at radius 2 is 2.10 bits per heavy atom. The first-order valence-electron chi connectivity index (χ1n) is 6.02. The van der Waals surface area contributed by atoms with Crippen LogP contribution in [0.1, 0.15) is 20.1 Å². The molecular formula is C14H14N2O3S. The standard InChI is InChI=1S/C14H14N2O3S/c1-10-6-7-13(20-10)14(17)15(2)9-11-4-3-5-12(8-11)16(18)19/h3-8H,9H2,1-2H3. The molecule has 0 fully saturated rings. The smallest absolute Gasteiger partial charge is 0.269 e. The number of non-ortho nitro benzene ring substituents is 1. The Morgan fingerprint density at radius 1 is 1.35 bits per heavy atom. The molecule has 2 aromatic rings. The third-order valence-corrected chi connectivity index (χ3v) is 3.83. The Morgan fingerprint density at radius 3 is 2.70 bits per heavy atom. The summed E-state index contributed by atoms with van der Waals surface area (Å²) in [4.78, 5) is 25.8. The quantitative estimate of drug-likeness (QED) is 0.641. The maximum Gasteiger partial charge on any atom is 0.269 e. The Labute approximate surface area is 120 Å². The van der Waals surface area contributed by atoms with E-state index in [9.17, 15) is 14.9 Å². The number of aryl methyl sites for hydroxylation is 1. The SMILES string of the molecule is Cc1ccc(C(=O)N(C)Cc2cccc([N+](=O)[O-])c2)s1. The Kier molecular flexibility index (Phi) is 4.14. The molecule has 2 rings (SSSR count). The zero-order valence-electron chi connectivity index (χ0n) is 11.2. The van der Waals surface area contributed by atoms with Gasteiger partial charge in [0.2, 0.25) is 0 Å². The van der Waals surface area contributed by atoms with Crippen LogP contribution < -0.4 is 0 Å². The van der Waals surface area contributed by atoms with Crippen LogP contribution >= 0.6 is 11.3 Å². The summed E-state index contributed by atoms with van der Waals surface area (Å²) < 4.78 is 0. The van der Waals surface area contributed by atoms with Gasteiger partial charge >= 0.3 is 0 Å². The molecule has 1 amide bonds. The molecule has 0 unspecified atom stereocenters. The molecule has 0 saturated heterocycles. The Bertz CT molecular complexity index is 651. The van der Waals surface area contributed by atoms with Crippen molar-refractivity contribution in [3.8, 4) is 0 Å². The predicted octanol–water partition coefficient (Wildman–Crippen LogP) is 3.24. The average Bonchev–Trinajstić information content (AvgIpc) is 2.84. The van der Waals surface area contributed by atoms with Gasteiger partial charge in [0.25, 0.3) is 11.6 Å². The lowest BCUT2D eigenvalue weighted by molar-refractivity contribution is -0.384. The lowest BCUT2D eigenvalue weighted by atomic mass is 10.2. The van der Waals surface area contributed by atoms with Crippen LogP contribution in [0.5, 0.6) is 0 Å². The molecule has 0 bridgehead atoms. The molecule has 1 aromatic heterocycles. The minimum absolute atomic E-state index is 0.0373. The van der Waals surface area contributed by atoms with Crippen molar-refractivity contribution >= 4 is 22.9 Å². The van der Waals surface area contributed by atoms with E-state index in [2.05, 4.69) is 0 Å². The molecule has 0 radical (unpaired) electrons. The van der Waals surface area contributed by atoms with Crippen molar-refractivity contribution in [2.75, 3.05) is 7.05 Å². The highest BCUT2D eigenvalue weighted by atomic mass is 32.1. The van der Waals surface area contributed by atoms with Crippen molar-refractivity contribution in [1.82, 2.24) is 4.90 Å². The lowest BCUT2D eigenvalue weighted by Crippen LogP contribution is -2.25. The predicted molar refractivity (Wildman–Crippen MR) is 77.9 cm³/mol. The molecule has 0 atom stereocenters. The molecule has 6 heteroatoms. The number of hydrogen-bond acceptors (Lipinski definition) is 4. The second-order valence-electron chi connectivity index (χ2n) is 4.50. The number of nitrogens with zero attached hydrogens (tertiary/aromatic N) is 2. The lowest BCUT2D eigenvalue weighted by Gasteiger charge is -2.16. The molecular weight excluding hydrogens is 276 g/mol. The third kappa shape index (κ3) is 3.21. The van der Waals surface area contributed by atoms with Gasteiger partial charge in [-0.1, -0.05) is 12.1 Å². The van der Waals surface area contributed by atoms with Gasteiger partial charge in [0.1, 0.15) is 0 Å². The summed E-state index contributed by atoms with van der Waals surface area (Å²) in [5, 5.41) is 10.7. The van der Waals surface area contributed by atoms with E-state index in [0.29, 0.717) is 11.4 Å². The monoisotopic (exact) mass is 290 g/mol. The summed E-state index contributed by atoms with van der Waals surface area (Å²) in [6, 6.07) is 10.0. The summed E-state index contributed by atoms with van der Waals surface area (Å²) in [6.45, 7) is 2.29. The van der Waals surface area contributed by atoms with Gasteiger partial charge in [-0.15, -0.1) is 11.3 Å². The van der Waals surface area contributed by atoms with Gasteiger partial charge < -0.3 is 4.90 Å². The second-order valence-corrected chi connectivity index (χ2v) is 5.79. The van der Waals surface area contributed by atoms with Crippen molar-refractivity contribution in [2.24, 2.45) is 0 Å². The number of nitro groups is 1. The third-order valence-electron chi connectivity index (χ3n) is 2.84. The Balaban J connectivity index is 2.11. The van der Waals surface area contributed by atoms with Gasteiger partial charge in [-0.25, -0.2) is 0 Å². The number of rotatable bonds is 4. The molecule has 5 nitrogen and oxygen atoms in total. The maximum absolute atomic E-state index is 12.2. The van der Waals surface area contributed by atoms with Crippen LogP contribution in [0.25, 0.3) is 0 Å². The van der Waals surface area contributed by atoms with Crippen LogP contribution in [0.3, 0.4) is 0 Å². The molecule has 0 aliphatic rings. The van der Waals surface area contributed by atoms with Crippen molar-refractivity contribution in [2.45, 2.75) is 13.5 Å². The molecule has 1 heterocycles. The second kappa shape index (κ2) is 5.83. The number of benzene rings is 1. The largest absolute Gasteiger partial charge is 0.337 e. The zero-order chi connectivity index (χ0) is 14.7. The number of amides is 1. The molecule has 1 aromatic carbocycles. The van der Waals surface area contributed by atoms with E-state index < -0.39 is 4.92 Å². The fraction of sp³-hybridized carbons (Fsp3) is 0.214. The first kappa shape index (κ1) is 14.2. The van der Waals surface area contributed by atoms with Crippen molar-refractivity contribution < 1.29 is 9.72 Å². The number of nitro benzene ring substituents is 1. The van der Waals surface area contributed by atoms with Crippen LogP contribution in [0.2, 0.25) is 0 Å². The van der Waals surface area contributed by atoms with Gasteiger partial charge in [0.05, 0.1) is 9.80 Å². The average molecular weight is 290 g/mol. The van der Waals surface area contributed by atoms with E-state index in [1.807, 2.05) is 13.0 Å². The van der Waals surface area contributed by atoms with E-state index in [1.165, 1.54) is 23.5 Å². The first-order chi connectivity index (χ1) is 9.47. The van der Waals surface area contributed by atoms with Gasteiger partial charge in [0, 0.05) is 30.6 Å². The normalized spacial score (nSPS) is 10.3. The van der Waals surface area contributed by atoms with Crippen LogP contribution in [0.4, 0.5) is 5.69 Å². The van der Waals surface area contributed by atoms with Crippen molar-refractivity contribution in [3.05, 3.63) is 61.8 Å². The van der Waals surface area contributed by atoms with Crippen LogP contribution in [0.15, 0.2) is 36.4 Å². The molecule has 0 aliphatic heterocycles. The highest BCUT2D eigenvalue weighted by Crippen LogP contribution is 2.19. The topological polar surface area (TPSA) is 63.5 Å². The van der Waals surface area contributed by atoms with Crippen LogP contribution in [0, 0.1) is 17.0 Å².